The zero-order valence-corrected chi connectivity index (χ0v) is 16.3. The summed E-state index contributed by atoms with van der Waals surface area (Å²) in [6, 6.07) is 11.5. The lowest BCUT2D eigenvalue weighted by atomic mass is 9.94. The molecule has 0 radical (unpaired) electrons. The summed E-state index contributed by atoms with van der Waals surface area (Å²) in [4.78, 5) is 26.8. The molecule has 3 aromatic carbocycles. The van der Waals surface area contributed by atoms with Crippen LogP contribution in [0, 0.1) is 11.6 Å². The molecule has 1 aliphatic rings. The molecule has 9 heteroatoms. The minimum Gasteiger partial charge on any atom is -0.324 e. The summed E-state index contributed by atoms with van der Waals surface area (Å²) in [5, 5.41) is 2.55. The van der Waals surface area contributed by atoms with Gasteiger partial charge in [0, 0.05) is 11.3 Å². The van der Waals surface area contributed by atoms with Crippen molar-refractivity contribution in [1.82, 2.24) is 4.90 Å². The van der Waals surface area contributed by atoms with E-state index in [0.717, 1.165) is 47.4 Å². The Morgan fingerprint density at radius 2 is 1.59 bits per heavy atom. The maximum absolute atomic E-state index is 14.1. The van der Waals surface area contributed by atoms with Gasteiger partial charge >= 0.3 is 6.18 Å². The second kappa shape index (κ2) is 8.07. The van der Waals surface area contributed by atoms with E-state index in [9.17, 15) is 31.5 Å². The van der Waals surface area contributed by atoms with Crippen molar-refractivity contribution in [2.24, 2.45) is 0 Å². The van der Waals surface area contributed by atoms with Gasteiger partial charge in [0.25, 0.3) is 5.91 Å². The molecule has 164 valence electrons. The van der Waals surface area contributed by atoms with Gasteiger partial charge in [0.2, 0.25) is 5.91 Å². The third kappa shape index (κ3) is 4.05. The van der Waals surface area contributed by atoms with Crippen molar-refractivity contribution < 1.29 is 31.5 Å². The van der Waals surface area contributed by atoms with Crippen LogP contribution in [-0.4, -0.2) is 23.3 Å². The summed E-state index contributed by atoms with van der Waals surface area (Å²) in [5.41, 5.74) is -1.16. The standard InChI is InChI=1S/C23H15F5N2O2/c24-14-7-5-13(6-8-14)21-17-11-15(25)9-10-19(17)29-20(31)12-30(21)22(32)16-3-1-2-4-18(16)23(26,27)28/h1-11,21H,12H2,(H,29,31)/t21-/m1/s1. The highest BCUT2D eigenvalue weighted by Gasteiger charge is 2.39. The average Bonchev–Trinajstić information content (AvgIpc) is 2.89. The molecule has 0 saturated heterocycles. The van der Waals surface area contributed by atoms with Gasteiger partial charge in [-0.15, -0.1) is 0 Å². The van der Waals surface area contributed by atoms with Crippen LogP contribution in [0.15, 0.2) is 66.7 Å². The second-order valence-electron chi connectivity index (χ2n) is 7.21. The SMILES string of the molecule is O=C1CN(C(=O)c2ccccc2C(F)(F)F)[C@H](c2ccc(F)cc2)c2cc(F)ccc2N1. The van der Waals surface area contributed by atoms with Gasteiger partial charge in [-0.1, -0.05) is 24.3 Å². The van der Waals surface area contributed by atoms with Gasteiger partial charge in [-0.05, 0) is 48.0 Å². The van der Waals surface area contributed by atoms with Crippen molar-refractivity contribution in [3.8, 4) is 0 Å². The Labute approximate surface area is 179 Å². The van der Waals surface area contributed by atoms with Crippen LogP contribution in [-0.2, 0) is 11.0 Å². The van der Waals surface area contributed by atoms with Gasteiger partial charge in [-0.25, -0.2) is 8.78 Å². The van der Waals surface area contributed by atoms with Gasteiger partial charge in [0.05, 0.1) is 17.2 Å². The maximum atomic E-state index is 14.1. The molecule has 32 heavy (non-hydrogen) atoms. The number of anilines is 1. The Bertz CT molecular complexity index is 1190. The van der Waals surface area contributed by atoms with Crippen molar-refractivity contribution >= 4 is 17.5 Å². The highest BCUT2D eigenvalue weighted by molar-refractivity contribution is 6.02. The molecule has 1 atom stereocenters. The van der Waals surface area contributed by atoms with Crippen LogP contribution in [0.1, 0.15) is 33.1 Å². The normalized spacial score (nSPS) is 16.2. The lowest BCUT2D eigenvalue weighted by Gasteiger charge is -2.31. The van der Waals surface area contributed by atoms with E-state index in [0.29, 0.717) is 5.56 Å². The molecule has 0 unspecified atom stereocenters. The number of carbonyl (C=O) groups excluding carboxylic acids is 2. The number of hydrogen-bond acceptors (Lipinski definition) is 2. The molecule has 3 aromatic rings. The van der Waals surface area contributed by atoms with Gasteiger partial charge in [-0.3, -0.25) is 9.59 Å². The summed E-state index contributed by atoms with van der Waals surface area (Å²) in [6.45, 7) is -0.594. The number of amides is 2. The van der Waals surface area contributed by atoms with Crippen LogP contribution >= 0.6 is 0 Å². The van der Waals surface area contributed by atoms with Crippen LogP contribution in [0.2, 0.25) is 0 Å². The van der Waals surface area contributed by atoms with Gasteiger partial charge < -0.3 is 10.2 Å². The van der Waals surface area contributed by atoms with Crippen molar-refractivity contribution in [2.45, 2.75) is 12.2 Å². The predicted octanol–water partition coefficient (Wildman–Crippen LogP) is 5.17. The maximum Gasteiger partial charge on any atom is 0.417 e. The number of hydrogen-bond donors (Lipinski definition) is 1. The third-order valence-electron chi connectivity index (χ3n) is 5.12. The Morgan fingerprint density at radius 3 is 2.28 bits per heavy atom. The molecule has 0 saturated carbocycles. The van der Waals surface area contributed by atoms with Crippen LogP contribution in [0.4, 0.5) is 27.6 Å². The molecule has 4 rings (SSSR count). The van der Waals surface area contributed by atoms with E-state index in [1.165, 1.54) is 24.3 Å². The molecule has 1 N–H and O–H groups in total. The lowest BCUT2D eigenvalue weighted by molar-refractivity contribution is -0.138. The number of carbonyl (C=O) groups is 2. The Morgan fingerprint density at radius 1 is 0.938 bits per heavy atom. The van der Waals surface area contributed by atoms with E-state index < -0.39 is 53.3 Å². The van der Waals surface area contributed by atoms with Crippen molar-refractivity contribution in [1.29, 1.82) is 0 Å². The van der Waals surface area contributed by atoms with Crippen molar-refractivity contribution in [2.75, 3.05) is 11.9 Å². The minimum atomic E-state index is -4.81. The number of alkyl halides is 3. The van der Waals surface area contributed by atoms with Gasteiger partial charge in [0.15, 0.2) is 0 Å². The molecule has 0 spiro atoms. The van der Waals surface area contributed by atoms with E-state index >= 15 is 0 Å². The molecule has 0 fully saturated rings. The second-order valence-corrected chi connectivity index (χ2v) is 7.21. The summed E-state index contributed by atoms with van der Waals surface area (Å²) in [5.74, 6) is -2.98. The first-order valence-corrected chi connectivity index (χ1v) is 9.47. The van der Waals surface area contributed by atoms with Crippen molar-refractivity contribution in [3.63, 3.8) is 0 Å². The molecule has 1 heterocycles. The monoisotopic (exact) mass is 446 g/mol. The lowest BCUT2D eigenvalue weighted by Crippen LogP contribution is -2.39. The zero-order chi connectivity index (χ0) is 23.0. The first-order chi connectivity index (χ1) is 15.1. The number of benzene rings is 3. The molecule has 4 nitrogen and oxygen atoms in total. The smallest absolute Gasteiger partial charge is 0.324 e. The van der Waals surface area contributed by atoms with E-state index in [4.69, 9.17) is 0 Å². The summed E-state index contributed by atoms with van der Waals surface area (Å²) in [6.07, 6.45) is -4.81. The van der Waals surface area contributed by atoms with Crippen molar-refractivity contribution in [3.05, 3.63) is 101 Å². The number of halogens is 5. The fraction of sp³-hybridized carbons (Fsp3) is 0.130. The molecular weight excluding hydrogens is 431 g/mol. The van der Waals surface area contributed by atoms with Crippen LogP contribution in [0.25, 0.3) is 0 Å². The highest BCUT2D eigenvalue weighted by Crippen LogP contribution is 2.39. The quantitative estimate of drug-likeness (QED) is 0.553. The Hall–Kier alpha value is -3.75. The fourth-order valence-electron chi connectivity index (χ4n) is 3.74. The number of nitrogens with zero attached hydrogens (tertiary/aromatic N) is 1. The highest BCUT2D eigenvalue weighted by atomic mass is 19.4. The van der Waals surface area contributed by atoms with Crippen LogP contribution in [0.3, 0.4) is 0 Å². The first kappa shape index (κ1) is 21.5. The molecular formula is C23H15F5N2O2. The largest absolute Gasteiger partial charge is 0.417 e. The molecule has 0 aliphatic carbocycles. The van der Waals surface area contributed by atoms with Crippen LogP contribution in [0.5, 0.6) is 0 Å². The number of fused-ring (bicyclic) bond motifs is 1. The zero-order valence-electron chi connectivity index (χ0n) is 16.3. The molecule has 0 bridgehead atoms. The van der Waals surface area contributed by atoms with Crippen LogP contribution < -0.4 is 5.32 Å². The summed E-state index contributed by atoms with van der Waals surface area (Å²) in [7, 11) is 0. The first-order valence-electron chi connectivity index (χ1n) is 9.47. The molecule has 2 amide bonds. The summed E-state index contributed by atoms with van der Waals surface area (Å²) < 4.78 is 68.3. The Balaban J connectivity index is 1.92. The van der Waals surface area contributed by atoms with Gasteiger partial charge in [-0.2, -0.15) is 13.2 Å². The number of nitrogens with one attached hydrogen (secondary N) is 1. The fourth-order valence-corrected chi connectivity index (χ4v) is 3.74. The third-order valence-corrected chi connectivity index (χ3v) is 5.12. The molecule has 1 aliphatic heterocycles. The number of rotatable bonds is 2. The minimum absolute atomic E-state index is 0.153. The summed E-state index contributed by atoms with van der Waals surface area (Å²) >= 11 is 0. The predicted molar refractivity (Wildman–Crippen MR) is 106 cm³/mol. The van der Waals surface area contributed by atoms with E-state index in [1.54, 1.807) is 0 Å². The van der Waals surface area contributed by atoms with E-state index in [1.807, 2.05) is 0 Å². The van der Waals surface area contributed by atoms with E-state index in [-0.39, 0.29) is 11.3 Å². The Kier molecular flexibility index (Phi) is 5.41. The van der Waals surface area contributed by atoms with E-state index in [2.05, 4.69) is 5.32 Å². The molecule has 0 aromatic heterocycles. The van der Waals surface area contributed by atoms with Gasteiger partial charge in [0.1, 0.15) is 18.2 Å². The topological polar surface area (TPSA) is 49.4 Å². The average molecular weight is 446 g/mol.